The zero-order valence-electron chi connectivity index (χ0n) is 16.8. The van der Waals surface area contributed by atoms with Crippen molar-refractivity contribution in [2.75, 3.05) is 36.5 Å². The van der Waals surface area contributed by atoms with Gasteiger partial charge >= 0.3 is 6.18 Å². The standard InChI is InChI=1S/C22H25F3N2O3/c1-2-29-19-8-4-5-9-20(19)30-15-21(28)26-17-14-16(22(23,24)25)10-11-18(17)27-12-6-3-7-13-27/h4-5,8-11,14H,2-3,6-7,12-13,15H2,1H3,(H,26,28). The molecule has 0 aliphatic carbocycles. The monoisotopic (exact) mass is 422 g/mol. The molecule has 0 unspecified atom stereocenters. The van der Waals surface area contributed by atoms with Crippen LogP contribution in [0.5, 0.6) is 11.5 Å². The van der Waals surface area contributed by atoms with Crippen molar-refractivity contribution in [1.29, 1.82) is 0 Å². The first-order valence-corrected chi connectivity index (χ1v) is 9.99. The van der Waals surface area contributed by atoms with Crippen LogP contribution in [0.25, 0.3) is 0 Å². The molecule has 1 aliphatic heterocycles. The van der Waals surface area contributed by atoms with E-state index in [1.807, 2.05) is 11.8 Å². The van der Waals surface area contributed by atoms with E-state index < -0.39 is 17.6 Å². The minimum atomic E-state index is -4.49. The zero-order valence-corrected chi connectivity index (χ0v) is 16.8. The maximum absolute atomic E-state index is 13.2. The van der Waals surface area contributed by atoms with Crippen molar-refractivity contribution in [1.82, 2.24) is 0 Å². The normalized spacial score (nSPS) is 14.3. The quantitative estimate of drug-likeness (QED) is 0.674. The lowest BCUT2D eigenvalue weighted by Gasteiger charge is -2.31. The highest BCUT2D eigenvalue weighted by Crippen LogP contribution is 2.36. The first-order valence-electron chi connectivity index (χ1n) is 9.99. The topological polar surface area (TPSA) is 50.8 Å². The van der Waals surface area contributed by atoms with Crippen molar-refractivity contribution in [3.63, 3.8) is 0 Å². The molecule has 3 rings (SSSR count). The van der Waals surface area contributed by atoms with E-state index in [0.29, 0.717) is 23.8 Å². The second-order valence-electron chi connectivity index (χ2n) is 6.99. The maximum atomic E-state index is 13.2. The van der Waals surface area contributed by atoms with Gasteiger partial charge in [-0.1, -0.05) is 12.1 Å². The predicted octanol–water partition coefficient (Wildman–Crippen LogP) is 5.11. The maximum Gasteiger partial charge on any atom is 0.416 e. The molecule has 0 aromatic heterocycles. The van der Waals surface area contributed by atoms with Gasteiger partial charge < -0.3 is 19.7 Å². The van der Waals surface area contributed by atoms with E-state index in [-0.39, 0.29) is 12.3 Å². The fraction of sp³-hybridized carbons (Fsp3) is 0.409. The molecule has 30 heavy (non-hydrogen) atoms. The summed E-state index contributed by atoms with van der Waals surface area (Å²) in [6, 6.07) is 10.4. The van der Waals surface area contributed by atoms with Gasteiger partial charge in [0.25, 0.3) is 5.91 Å². The molecule has 0 spiro atoms. The number of alkyl halides is 3. The number of hydrogen-bond acceptors (Lipinski definition) is 4. The highest BCUT2D eigenvalue weighted by Gasteiger charge is 2.32. The van der Waals surface area contributed by atoms with Crippen LogP contribution in [0.2, 0.25) is 0 Å². The van der Waals surface area contributed by atoms with Gasteiger partial charge in [-0.05, 0) is 56.5 Å². The van der Waals surface area contributed by atoms with Crippen LogP contribution < -0.4 is 19.7 Å². The molecule has 1 N–H and O–H groups in total. The van der Waals surface area contributed by atoms with Crippen molar-refractivity contribution in [2.24, 2.45) is 0 Å². The SMILES string of the molecule is CCOc1ccccc1OCC(=O)Nc1cc(C(F)(F)F)ccc1N1CCCCC1. The average molecular weight is 422 g/mol. The van der Waals surface area contributed by atoms with E-state index in [1.165, 1.54) is 6.07 Å². The minimum Gasteiger partial charge on any atom is -0.490 e. The van der Waals surface area contributed by atoms with Crippen LogP contribution >= 0.6 is 0 Å². The lowest BCUT2D eigenvalue weighted by Crippen LogP contribution is -2.31. The summed E-state index contributed by atoms with van der Waals surface area (Å²) in [5.74, 6) is 0.356. The number of hydrogen-bond donors (Lipinski definition) is 1. The van der Waals surface area contributed by atoms with Gasteiger partial charge in [0.05, 0.1) is 23.5 Å². The van der Waals surface area contributed by atoms with Crippen molar-refractivity contribution in [2.45, 2.75) is 32.4 Å². The summed E-state index contributed by atoms with van der Waals surface area (Å²) in [5, 5.41) is 2.60. The molecule has 0 bridgehead atoms. The Morgan fingerprint density at radius 1 is 1.03 bits per heavy atom. The molecule has 0 atom stereocenters. The Kier molecular flexibility index (Phi) is 7.07. The summed E-state index contributed by atoms with van der Waals surface area (Å²) in [7, 11) is 0. The highest BCUT2D eigenvalue weighted by molar-refractivity contribution is 5.95. The first kappa shape index (κ1) is 21.8. The Bertz CT molecular complexity index is 865. The number of piperidine rings is 1. The van der Waals surface area contributed by atoms with Crippen molar-refractivity contribution >= 4 is 17.3 Å². The molecule has 5 nitrogen and oxygen atoms in total. The molecule has 1 amide bonds. The van der Waals surface area contributed by atoms with Gasteiger partial charge in [-0.15, -0.1) is 0 Å². The number of amides is 1. The van der Waals surface area contributed by atoms with Gasteiger partial charge in [-0.2, -0.15) is 13.2 Å². The minimum absolute atomic E-state index is 0.137. The molecular weight excluding hydrogens is 397 g/mol. The third kappa shape index (κ3) is 5.58. The number of benzene rings is 2. The number of nitrogens with zero attached hydrogens (tertiary/aromatic N) is 1. The van der Waals surface area contributed by atoms with Crippen LogP contribution in [-0.4, -0.2) is 32.2 Å². The van der Waals surface area contributed by atoms with Gasteiger partial charge in [-0.25, -0.2) is 0 Å². The Labute approximate surface area is 173 Å². The number of nitrogens with one attached hydrogen (secondary N) is 1. The molecule has 0 radical (unpaired) electrons. The van der Waals surface area contributed by atoms with Gasteiger partial charge in [-0.3, -0.25) is 4.79 Å². The van der Waals surface area contributed by atoms with Crippen molar-refractivity contribution in [3.8, 4) is 11.5 Å². The fourth-order valence-corrected chi connectivity index (χ4v) is 3.40. The van der Waals surface area contributed by atoms with E-state index in [4.69, 9.17) is 9.47 Å². The van der Waals surface area contributed by atoms with Gasteiger partial charge in [0.2, 0.25) is 0 Å². The zero-order chi connectivity index (χ0) is 21.6. The Morgan fingerprint density at radius 2 is 1.70 bits per heavy atom. The Hall–Kier alpha value is -2.90. The third-order valence-corrected chi connectivity index (χ3v) is 4.80. The molecule has 2 aromatic carbocycles. The van der Waals surface area contributed by atoms with Crippen molar-refractivity contribution < 1.29 is 27.4 Å². The number of carbonyl (C=O) groups excluding carboxylic acids is 1. The molecule has 1 fully saturated rings. The summed E-state index contributed by atoms with van der Waals surface area (Å²) in [6.45, 7) is 3.41. The molecule has 162 valence electrons. The van der Waals surface area contributed by atoms with Crippen LogP contribution in [-0.2, 0) is 11.0 Å². The van der Waals surface area contributed by atoms with Gasteiger partial charge in [0.1, 0.15) is 0 Å². The molecule has 2 aromatic rings. The van der Waals surface area contributed by atoms with Crippen LogP contribution in [0, 0.1) is 0 Å². The first-order chi connectivity index (χ1) is 14.4. The largest absolute Gasteiger partial charge is 0.490 e. The second kappa shape index (κ2) is 9.73. The van der Waals surface area contributed by atoms with Gasteiger partial charge in [0, 0.05) is 13.1 Å². The van der Waals surface area contributed by atoms with Crippen LogP contribution in [0.3, 0.4) is 0 Å². The van der Waals surface area contributed by atoms with E-state index in [1.54, 1.807) is 24.3 Å². The number of ether oxygens (including phenoxy) is 2. The molecule has 8 heteroatoms. The molecule has 1 heterocycles. The van der Waals surface area contributed by atoms with Crippen LogP contribution in [0.15, 0.2) is 42.5 Å². The summed E-state index contributed by atoms with van der Waals surface area (Å²) >= 11 is 0. The summed E-state index contributed by atoms with van der Waals surface area (Å²) in [6.07, 6.45) is -1.48. The molecule has 1 saturated heterocycles. The smallest absolute Gasteiger partial charge is 0.416 e. The van der Waals surface area contributed by atoms with Crippen LogP contribution in [0.4, 0.5) is 24.5 Å². The summed E-state index contributed by atoms with van der Waals surface area (Å²) in [4.78, 5) is 14.5. The van der Waals surface area contributed by atoms with Crippen LogP contribution in [0.1, 0.15) is 31.7 Å². The fourth-order valence-electron chi connectivity index (χ4n) is 3.40. The number of anilines is 2. The summed E-state index contributed by atoms with van der Waals surface area (Å²) in [5.41, 5.74) is -0.0784. The second-order valence-corrected chi connectivity index (χ2v) is 6.99. The van der Waals surface area contributed by atoms with Crippen molar-refractivity contribution in [3.05, 3.63) is 48.0 Å². The molecule has 1 aliphatic rings. The number of rotatable bonds is 7. The Morgan fingerprint density at radius 3 is 2.33 bits per heavy atom. The third-order valence-electron chi connectivity index (χ3n) is 4.80. The lowest BCUT2D eigenvalue weighted by atomic mass is 10.1. The average Bonchev–Trinajstić information content (AvgIpc) is 2.73. The van der Waals surface area contributed by atoms with E-state index in [2.05, 4.69) is 5.32 Å². The van der Waals surface area contributed by atoms with E-state index in [9.17, 15) is 18.0 Å². The number of halogens is 3. The predicted molar refractivity (Wildman–Crippen MR) is 109 cm³/mol. The number of para-hydroxylation sites is 2. The highest BCUT2D eigenvalue weighted by atomic mass is 19.4. The van der Waals surface area contributed by atoms with E-state index >= 15 is 0 Å². The molecule has 0 saturated carbocycles. The number of carbonyl (C=O) groups is 1. The van der Waals surface area contributed by atoms with E-state index in [0.717, 1.165) is 44.5 Å². The lowest BCUT2D eigenvalue weighted by molar-refractivity contribution is -0.137. The molecular formula is C22H25F3N2O3. The van der Waals surface area contributed by atoms with Gasteiger partial charge in [0.15, 0.2) is 18.1 Å². The Balaban J connectivity index is 1.75. The summed E-state index contributed by atoms with van der Waals surface area (Å²) < 4.78 is 50.6.